The summed E-state index contributed by atoms with van der Waals surface area (Å²) < 4.78 is 5.65. The van der Waals surface area contributed by atoms with E-state index in [1.165, 1.54) is 11.8 Å². The van der Waals surface area contributed by atoms with Gasteiger partial charge >= 0.3 is 0 Å². The lowest BCUT2D eigenvalue weighted by molar-refractivity contribution is -0.115. The molecule has 0 radical (unpaired) electrons. The molecule has 1 N–H and O–H groups in total. The fourth-order valence-electron chi connectivity index (χ4n) is 2.13. The van der Waals surface area contributed by atoms with Crippen LogP contribution >= 0.6 is 23.4 Å². The Morgan fingerprint density at radius 3 is 2.68 bits per heavy atom. The molecule has 0 saturated heterocycles. The van der Waals surface area contributed by atoms with Gasteiger partial charge in [0, 0.05) is 16.3 Å². The highest BCUT2D eigenvalue weighted by atomic mass is 35.5. The zero-order valence-corrected chi connectivity index (χ0v) is 15.3. The van der Waals surface area contributed by atoms with E-state index in [4.69, 9.17) is 16.0 Å². The lowest BCUT2D eigenvalue weighted by atomic mass is 10.1. The summed E-state index contributed by atoms with van der Waals surface area (Å²) in [5, 5.41) is 11.5. The van der Waals surface area contributed by atoms with Gasteiger partial charge in [-0.15, -0.1) is 10.2 Å². The number of amides is 1. The van der Waals surface area contributed by atoms with E-state index in [0.29, 0.717) is 21.8 Å². The molecule has 1 heterocycles. The van der Waals surface area contributed by atoms with E-state index >= 15 is 0 Å². The first kappa shape index (κ1) is 17.5. The molecule has 0 spiro atoms. The number of hydrogen-bond acceptors (Lipinski definition) is 5. The number of anilines is 1. The highest BCUT2D eigenvalue weighted by molar-refractivity contribution is 8.00. The SMILES string of the molecule is Cc1cccc(-c2nnc(S[C@H](C)C(=O)Nc3ccc(Cl)cc3)o2)c1. The van der Waals surface area contributed by atoms with Crippen LogP contribution in [0.1, 0.15) is 12.5 Å². The first-order valence-electron chi connectivity index (χ1n) is 7.65. The van der Waals surface area contributed by atoms with Gasteiger partial charge in [0.25, 0.3) is 5.22 Å². The summed E-state index contributed by atoms with van der Waals surface area (Å²) in [6.07, 6.45) is 0. The third-order valence-corrected chi connectivity index (χ3v) is 4.62. The number of hydrogen-bond donors (Lipinski definition) is 1. The van der Waals surface area contributed by atoms with Crippen LogP contribution in [-0.2, 0) is 4.79 Å². The van der Waals surface area contributed by atoms with Gasteiger partial charge in [-0.1, -0.05) is 41.1 Å². The number of benzene rings is 2. The van der Waals surface area contributed by atoms with E-state index in [1.807, 2.05) is 31.2 Å². The zero-order chi connectivity index (χ0) is 17.8. The Morgan fingerprint density at radius 1 is 1.20 bits per heavy atom. The molecule has 5 nitrogen and oxygen atoms in total. The molecule has 0 aliphatic carbocycles. The van der Waals surface area contributed by atoms with Crippen LogP contribution in [0.3, 0.4) is 0 Å². The Hall–Kier alpha value is -2.31. The summed E-state index contributed by atoms with van der Waals surface area (Å²) in [6.45, 7) is 3.78. The van der Waals surface area contributed by atoms with Crippen molar-refractivity contribution in [3.8, 4) is 11.5 Å². The van der Waals surface area contributed by atoms with Gasteiger partial charge in [-0.2, -0.15) is 0 Å². The van der Waals surface area contributed by atoms with Crippen molar-refractivity contribution in [3.63, 3.8) is 0 Å². The molecule has 2 aromatic carbocycles. The van der Waals surface area contributed by atoms with Gasteiger partial charge in [-0.25, -0.2) is 0 Å². The van der Waals surface area contributed by atoms with Crippen molar-refractivity contribution in [1.82, 2.24) is 10.2 Å². The molecule has 0 saturated carbocycles. The minimum absolute atomic E-state index is 0.150. The van der Waals surface area contributed by atoms with Crippen LogP contribution in [0.15, 0.2) is 58.2 Å². The van der Waals surface area contributed by atoms with Crippen LogP contribution in [0.4, 0.5) is 5.69 Å². The molecule has 0 bridgehead atoms. The van der Waals surface area contributed by atoms with Crippen molar-refractivity contribution in [3.05, 3.63) is 59.1 Å². The van der Waals surface area contributed by atoms with E-state index in [9.17, 15) is 4.79 Å². The molecule has 1 amide bonds. The normalized spacial score (nSPS) is 12.0. The van der Waals surface area contributed by atoms with Crippen LogP contribution in [0.2, 0.25) is 5.02 Å². The molecule has 1 aromatic heterocycles. The molecule has 0 unspecified atom stereocenters. The number of nitrogens with one attached hydrogen (secondary N) is 1. The second-order valence-electron chi connectivity index (χ2n) is 5.50. The third-order valence-electron chi connectivity index (χ3n) is 3.43. The fourth-order valence-corrected chi connectivity index (χ4v) is 2.94. The first-order valence-corrected chi connectivity index (χ1v) is 8.90. The molecule has 0 aliphatic heterocycles. The van der Waals surface area contributed by atoms with Crippen LogP contribution in [0.25, 0.3) is 11.5 Å². The van der Waals surface area contributed by atoms with Crippen LogP contribution < -0.4 is 5.32 Å². The number of nitrogens with zero attached hydrogens (tertiary/aromatic N) is 2. The Morgan fingerprint density at radius 2 is 1.96 bits per heavy atom. The van der Waals surface area contributed by atoms with Crippen molar-refractivity contribution in [2.45, 2.75) is 24.3 Å². The van der Waals surface area contributed by atoms with E-state index < -0.39 is 0 Å². The van der Waals surface area contributed by atoms with Crippen molar-refractivity contribution in [1.29, 1.82) is 0 Å². The predicted octanol–water partition coefficient (Wildman–Crippen LogP) is 4.82. The molecule has 3 rings (SSSR count). The largest absolute Gasteiger partial charge is 0.411 e. The predicted molar refractivity (Wildman–Crippen MR) is 99.9 cm³/mol. The van der Waals surface area contributed by atoms with Crippen molar-refractivity contribution < 1.29 is 9.21 Å². The molecule has 128 valence electrons. The molecule has 3 aromatic rings. The number of halogens is 1. The molecular formula is C18H16ClN3O2S. The number of aromatic nitrogens is 2. The second-order valence-corrected chi connectivity index (χ2v) is 7.23. The summed E-state index contributed by atoms with van der Waals surface area (Å²) in [5.74, 6) is 0.291. The topological polar surface area (TPSA) is 68.0 Å². The van der Waals surface area contributed by atoms with Crippen LogP contribution in [-0.4, -0.2) is 21.4 Å². The maximum atomic E-state index is 12.3. The van der Waals surface area contributed by atoms with E-state index in [0.717, 1.165) is 11.1 Å². The lowest BCUT2D eigenvalue weighted by Gasteiger charge is -2.09. The van der Waals surface area contributed by atoms with Gasteiger partial charge in [0.15, 0.2) is 0 Å². The minimum Gasteiger partial charge on any atom is -0.411 e. The highest BCUT2D eigenvalue weighted by Crippen LogP contribution is 2.27. The van der Waals surface area contributed by atoms with E-state index in [1.54, 1.807) is 31.2 Å². The summed E-state index contributed by atoms with van der Waals surface area (Å²) in [6, 6.07) is 14.8. The minimum atomic E-state index is -0.388. The number of aryl methyl sites for hydroxylation is 1. The summed E-state index contributed by atoms with van der Waals surface area (Å²) in [7, 11) is 0. The zero-order valence-electron chi connectivity index (χ0n) is 13.7. The second kappa shape index (κ2) is 7.72. The summed E-state index contributed by atoms with van der Waals surface area (Å²) in [4.78, 5) is 12.3. The fraction of sp³-hybridized carbons (Fsp3) is 0.167. The van der Waals surface area contributed by atoms with Gasteiger partial charge in [0.1, 0.15) is 0 Å². The number of carbonyl (C=O) groups is 1. The van der Waals surface area contributed by atoms with E-state index in [-0.39, 0.29) is 11.2 Å². The summed E-state index contributed by atoms with van der Waals surface area (Å²) in [5.41, 5.74) is 2.66. The smallest absolute Gasteiger partial charge is 0.277 e. The third kappa shape index (κ3) is 4.61. The van der Waals surface area contributed by atoms with Crippen molar-refractivity contribution >= 4 is 35.0 Å². The average Bonchev–Trinajstić information content (AvgIpc) is 3.05. The van der Waals surface area contributed by atoms with Gasteiger partial charge < -0.3 is 9.73 Å². The maximum Gasteiger partial charge on any atom is 0.277 e. The highest BCUT2D eigenvalue weighted by Gasteiger charge is 2.19. The molecule has 0 aliphatic rings. The maximum absolute atomic E-state index is 12.3. The number of rotatable bonds is 5. The lowest BCUT2D eigenvalue weighted by Crippen LogP contribution is -2.22. The number of thioether (sulfide) groups is 1. The quantitative estimate of drug-likeness (QED) is 0.649. The monoisotopic (exact) mass is 373 g/mol. The Balaban J connectivity index is 1.64. The molecule has 25 heavy (non-hydrogen) atoms. The Kier molecular flexibility index (Phi) is 5.40. The standard InChI is InChI=1S/C18H16ClN3O2S/c1-11-4-3-5-13(10-11)17-21-22-18(24-17)25-12(2)16(23)20-15-8-6-14(19)7-9-15/h3-10,12H,1-2H3,(H,20,23)/t12-/m1/s1. The van der Waals surface area contributed by atoms with Crippen molar-refractivity contribution in [2.75, 3.05) is 5.32 Å². The van der Waals surface area contributed by atoms with Gasteiger partial charge in [-0.3, -0.25) is 4.79 Å². The average molecular weight is 374 g/mol. The molecule has 7 heteroatoms. The van der Waals surface area contributed by atoms with Crippen LogP contribution in [0, 0.1) is 6.92 Å². The van der Waals surface area contributed by atoms with Gasteiger partial charge in [0.05, 0.1) is 5.25 Å². The van der Waals surface area contributed by atoms with Crippen LogP contribution in [0.5, 0.6) is 0 Å². The van der Waals surface area contributed by atoms with E-state index in [2.05, 4.69) is 15.5 Å². The van der Waals surface area contributed by atoms with Gasteiger partial charge in [-0.05, 0) is 50.2 Å². The molecular weight excluding hydrogens is 358 g/mol. The van der Waals surface area contributed by atoms with Gasteiger partial charge in [0.2, 0.25) is 11.8 Å². The number of carbonyl (C=O) groups excluding carboxylic acids is 1. The first-order chi connectivity index (χ1) is 12.0. The summed E-state index contributed by atoms with van der Waals surface area (Å²) >= 11 is 7.05. The molecule has 1 atom stereocenters. The molecule has 0 fully saturated rings. The Labute approximate surface area is 154 Å². The Bertz CT molecular complexity index is 880. The van der Waals surface area contributed by atoms with Crippen molar-refractivity contribution in [2.24, 2.45) is 0 Å².